The molecule has 20 heavy (non-hydrogen) atoms. The smallest absolute Gasteiger partial charge is 0.164 e. The first-order valence-electron chi connectivity index (χ1n) is 6.34. The van der Waals surface area contributed by atoms with E-state index in [4.69, 9.17) is 11.6 Å². The van der Waals surface area contributed by atoms with Gasteiger partial charge in [0.1, 0.15) is 0 Å². The van der Waals surface area contributed by atoms with Crippen LogP contribution in [0.5, 0.6) is 0 Å². The molecular weight excluding hydrogens is 282 g/mol. The average Bonchev–Trinajstić information content (AvgIpc) is 2.44. The quantitative estimate of drug-likeness (QED) is 0.922. The van der Waals surface area contributed by atoms with Crippen molar-refractivity contribution in [3.05, 3.63) is 63.9 Å². The van der Waals surface area contributed by atoms with Gasteiger partial charge in [0.15, 0.2) is 11.6 Å². The van der Waals surface area contributed by atoms with E-state index in [1.165, 1.54) is 13.1 Å². The topological polar surface area (TPSA) is 24.9 Å². The van der Waals surface area contributed by atoms with Gasteiger partial charge in [0.2, 0.25) is 0 Å². The highest BCUT2D eigenvalue weighted by molar-refractivity contribution is 6.30. The minimum absolute atomic E-state index is 0.241. The van der Waals surface area contributed by atoms with E-state index in [1.807, 2.05) is 6.92 Å². The van der Waals surface area contributed by atoms with E-state index >= 15 is 0 Å². The lowest BCUT2D eigenvalue weighted by Crippen LogP contribution is -2.24. The van der Waals surface area contributed by atoms with Crippen molar-refractivity contribution in [2.75, 3.05) is 6.54 Å². The van der Waals surface area contributed by atoms with Gasteiger partial charge >= 0.3 is 0 Å². The van der Waals surface area contributed by atoms with Crippen LogP contribution < -0.4 is 5.32 Å². The van der Waals surface area contributed by atoms with E-state index in [-0.39, 0.29) is 11.1 Å². The molecule has 1 atom stereocenters. The Labute approximate surface area is 121 Å². The van der Waals surface area contributed by atoms with Gasteiger partial charge in [-0.3, -0.25) is 4.98 Å². The van der Waals surface area contributed by atoms with Crippen LogP contribution in [-0.2, 0) is 0 Å². The molecule has 1 aromatic heterocycles. The number of nitrogens with zero attached hydrogens (tertiary/aromatic N) is 1. The second-order valence-electron chi connectivity index (χ2n) is 4.49. The number of halogens is 3. The van der Waals surface area contributed by atoms with Crippen LogP contribution in [0.25, 0.3) is 0 Å². The van der Waals surface area contributed by atoms with Gasteiger partial charge in [0.05, 0.1) is 16.8 Å². The van der Waals surface area contributed by atoms with Crippen LogP contribution in [0.15, 0.2) is 30.5 Å². The third-order valence-corrected chi connectivity index (χ3v) is 3.29. The summed E-state index contributed by atoms with van der Waals surface area (Å²) in [4.78, 5) is 4.18. The number of nitrogens with one attached hydrogen (secondary N) is 1. The van der Waals surface area contributed by atoms with Crippen molar-refractivity contribution in [1.29, 1.82) is 0 Å². The molecule has 0 radical (unpaired) electrons. The molecule has 1 N–H and O–H groups in total. The zero-order chi connectivity index (χ0) is 14.7. The molecule has 2 aromatic rings. The molecule has 2 nitrogen and oxygen atoms in total. The molecule has 0 saturated carbocycles. The third kappa shape index (κ3) is 2.97. The predicted molar refractivity (Wildman–Crippen MR) is 75.9 cm³/mol. The first-order valence-corrected chi connectivity index (χ1v) is 6.71. The summed E-state index contributed by atoms with van der Waals surface area (Å²) < 4.78 is 27.9. The number of pyridine rings is 1. The molecule has 5 heteroatoms. The maximum atomic E-state index is 14.1. The fourth-order valence-corrected chi connectivity index (χ4v) is 2.13. The number of benzene rings is 1. The Morgan fingerprint density at radius 2 is 1.95 bits per heavy atom. The summed E-state index contributed by atoms with van der Waals surface area (Å²) in [5.74, 6) is -1.66. The SMILES string of the molecule is CCNC(c1ccc(Cl)cn1)c1ccc(C)c(F)c1F. The van der Waals surface area contributed by atoms with Crippen LogP contribution >= 0.6 is 11.6 Å². The Bertz CT molecular complexity index is 600. The van der Waals surface area contributed by atoms with Crippen LogP contribution in [0.1, 0.15) is 29.8 Å². The standard InChI is InChI=1S/C15H15ClF2N2/c1-3-19-15(12-7-5-10(16)8-20-12)11-6-4-9(2)13(17)14(11)18/h4-8,15,19H,3H2,1-2H3. The Balaban J connectivity index is 2.48. The van der Waals surface area contributed by atoms with Crippen molar-refractivity contribution in [3.63, 3.8) is 0 Å². The normalized spacial score (nSPS) is 12.4. The van der Waals surface area contributed by atoms with Crippen LogP contribution in [0.2, 0.25) is 5.02 Å². The van der Waals surface area contributed by atoms with Crippen molar-refractivity contribution < 1.29 is 8.78 Å². The maximum absolute atomic E-state index is 14.1. The third-order valence-electron chi connectivity index (χ3n) is 3.07. The number of hydrogen-bond donors (Lipinski definition) is 1. The first-order chi connectivity index (χ1) is 9.54. The van der Waals surface area contributed by atoms with Gasteiger partial charge < -0.3 is 5.32 Å². The molecule has 0 fully saturated rings. The molecule has 1 aromatic carbocycles. The van der Waals surface area contributed by atoms with E-state index in [2.05, 4.69) is 10.3 Å². The molecule has 0 bridgehead atoms. The fourth-order valence-electron chi connectivity index (χ4n) is 2.02. The molecule has 1 unspecified atom stereocenters. The summed E-state index contributed by atoms with van der Waals surface area (Å²) in [6.45, 7) is 4.03. The Morgan fingerprint density at radius 3 is 2.55 bits per heavy atom. The summed E-state index contributed by atoms with van der Waals surface area (Å²) in [6.07, 6.45) is 1.49. The van der Waals surface area contributed by atoms with Crippen molar-refractivity contribution in [3.8, 4) is 0 Å². The molecule has 0 aliphatic heterocycles. The first kappa shape index (κ1) is 14.9. The molecule has 2 rings (SSSR count). The van der Waals surface area contributed by atoms with Crippen LogP contribution in [-0.4, -0.2) is 11.5 Å². The summed E-state index contributed by atoms with van der Waals surface area (Å²) in [7, 11) is 0. The van der Waals surface area contributed by atoms with Gasteiger partial charge in [0, 0.05) is 11.8 Å². The van der Waals surface area contributed by atoms with Crippen LogP contribution in [0.3, 0.4) is 0 Å². The fraction of sp³-hybridized carbons (Fsp3) is 0.267. The van der Waals surface area contributed by atoms with Crippen LogP contribution in [0.4, 0.5) is 8.78 Å². The number of rotatable bonds is 4. The largest absolute Gasteiger partial charge is 0.305 e. The van der Waals surface area contributed by atoms with E-state index in [9.17, 15) is 8.78 Å². The zero-order valence-corrected chi connectivity index (χ0v) is 12.0. The van der Waals surface area contributed by atoms with Crippen molar-refractivity contribution in [1.82, 2.24) is 10.3 Å². The van der Waals surface area contributed by atoms with E-state index in [1.54, 1.807) is 24.3 Å². The minimum atomic E-state index is -0.840. The number of aryl methyl sites for hydroxylation is 1. The maximum Gasteiger partial charge on any atom is 0.164 e. The van der Waals surface area contributed by atoms with Gasteiger partial charge in [-0.1, -0.05) is 30.7 Å². The lowest BCUT2D eigenvalue weighted by molar-refractivity contribution is 0.476. The molecule has 0 amide bonds. The highest BCUT2D eigenvalue weighted by Gasteiger charge is 2.21. The Hall–Kier alpha value is -1.52. The number of aromatic nitrogens is 1. The Kier molecular flexibility index (Phi) is 4.68. The Morgan fingerprint density at radius 1 is 1.20 bits per heavy atom. The second kappa shape index (κ2) is 6.29. The van der Waals surface area contributed by atoms with Gasteiger partial charge in [-0.05, 0) is 31.2 Å². The monoisotopic (exact) mass is 296 g/mol. The summed E-state index contributed by atoms with van der Waals surface area (Å²) >= 11 is 5.80. The number of hydrogen-bond acceptors (Lipinski definition) is 2. The van der Waals surface area contributed by atoms with E-state index in [0.29, 0.717) is 17.3 Å². The molecule has 106 valence electrons. The molecule has 0 aliphatic carbocycles. The predicted octanol–water partition coefficient (Wildman–Crippen LogP) is 4.02. The molecule has 0 saturated heterocycles. The highest BCUT2D eigenvalue weighted by atomic mass is 35.5. The second-order valence-corrected chi connectivity index (χ2v) is 4.93. The summed E-state index contributed by atoms with van der Waals surface area (Å²) in [6, 6.07) is 6.02. The van der Waals surface area contributed by atoms with Crippen molar-refractivity contribution in [2.24, 2.45) is 0 Å². The van der Waals surface area contributed by atoms with Gasteiger partial charge in [-0.25, -0.2) is 8.78 Å². The van der Waals surface area contributed by atoms with Gasteiger partial charge in [-0.2, -0.15) is 0 Å². The lowest BCUT2D eigenvalue weighted by atomic mass is 10.0. The highest BCUT2D eigenvalue weighted by Crippen LogP contribution is 2.26. The summed E-state index contributed by atoms with van der Waals surface area (Å²) in [5.41, 5.74) is 1.12. The van der Waals surface area contributed by atoms with Crippen LogP contribution in [0, 0.1) is 18.6 Å². The van der Waals surface area contributed by atoms with E-state index in [0.717, 1.165) is 0 Å². The molecule has 0 spiro atoms. The molecule has 1 heterocycles. The zero-order valence-electron chi connectivity index (χ0n) is 11.3. The van der Waals surface area contributed by atoms with Crippen molar-refractivity contribution in [2.45, 2.75) is 19.9 Å². The summed E-state index contributed by atoms with van der Waals surface area (Å²) in [5, 5.41) is 3.61. The van der Waals surface area contributed by atoms with Crippen molar-refractivity contribution >= 4 is 11.6 Å². The van der Waals surface area contributed by atoms with E-state index < -0.39 is 17.7 Å². The van der Waals surface area contributed by atoms with Gasteiger partial charge in [-0.15, -0.1) is 0 Å². The molecule has 0 aliphatic rings. The lowest BCUT2D eigenvalue weighted by Gasteiger charge is -2.19. The van der Waals surface area contributed by atoms with Gasteiger partial charge in [0.25, 0.3) is 0 Å². The minimum Gasteiger partial charge on any atom is -0.305 e. The average molecular weight is 297 g/mol. The molecular formula is C15H15ClF2N2.